The van der Waals surface area contributed by atoms with E-state index in [-0.39, 0.29) is 12.5 Å². The van der Waals surface area contributed by atoms with E-state index in [1.807, 2.05) is 6.92 Å². The molecule has 0 saturated carbocycles. The number of nitrogens with zero attached hydrogens (tertiary/aromatic N) is 1. The summed E-state index contributed by atoms with van der Waals surface area (Å²) in [5, 5.41) is 8.84. The number of likely N-dealkylation sites (N-methyl/N-ethyl adjacent to an activating group) is 1. The summed E-state index contributed by atoms with van der Waals surface area (Å²) in [5.74, 6) is -0.138. The summed E-state index contributed by atoms with van der Waals surface area (Å²) in [6.45, 7) is 5.38. The third-order valence-electron chi connectivity index (χ3n) is 4.15. The Hall–Kier alpha value is -0.570. The molecule has 0 saturated heterocycles. The Kier molecular flexibility index (Phi) is 15.4. The van der Waals surface area contributed by atoms with Crippen molar-refractivity contribution < 1.29 is 9.90 Å². The van der Waals surface area contributed by atoms with E-state index in [0.29, 0.717) is 6.54 Å². The fourth-order valence-electron chi connectivity index (χ4n) is 2.70. The lowest BCUT2D eigenvalue weighted by Gasteiger charge is -2.19. The highest BCUT2D eigenvalue weighted by atomic mass is 16.3. The smallest absolute Gasteiger partial charge is 0.248 e. The average molecular weight is 299 g/mol. The molecule has 0 aromatic heterocycles. The van der Waals surface area contributed by atoms with Crippen molar-refractivity contribution in [2.75, 3.05) is 19.7 Å². The molecule has 0 aliphatic carbocycles. The van der Waals surface area contributed by atoms with Gasteiger partial charge in [0.15, 0.2) is 0 Å². The predicted molar refractivity (Wildman–Crippen MR) is 90.4 cm³/mol. The Morgan fingerprint density at radius 2 is 1.19 bits per heavy atom. The fraction of sp³-hybridized carbons (Fsp3) is 0.944. The standard InChI is InChI=1S/C18H37NO2/c1-3-5-6-7-8-9-10-11-12-13-14-15-16-19(4-2)18(21)17-20/h20H,3-17H2,1-2H3. The lowest BCUT2D eigenvalue weighted by Crippen LogP contribution is -2.33. The van der Waals surface area contributed by atoms with Crippen LogP contribution in [-0.2, 0) is 4.79 Å². The van der Waals surface area contributed by atoms with E-state index in [2.05, 4.69) is 6.92 Å². The summed E-state index contributed by atoms with van der Waals surface area (Å²) in [6.07, 6.45) is 16.0. The summed E-state index contributed by atoms with van der Waals surface area (Å²) in [4.78, 5) is 13.1. The van der Waals surface area contributed by atoms with Gasteiger partial charge in [-0.2, -0.15) is 0 Å². The first-order valence-electron chi connectivity index (χ1n) is 9.14. The number of carbonyl (C=O) groups excluding carboxylic acids is 1. The minimum absolute atomic E-state index is 0.138. The van der Waals surface area contributed by atoms with Crippen LogP contribution in [0.25, 0.3) is 0 Å². The van der Waals surface area contributed by atoms with Crippen LogP contribution in [0.4, 0.5) is 0 Å². The normalized spacial score (nSPS) is 10.8. The Balaban J connectivity index is 3.23. The Morgan fingerprint density at radius 3 is 1.57 bits per heavy atom. The minimum atomic E-state index is -0.355. The zero-order chi connectivity index (χ0) is 15.8. The first-order valence-corrected chi connectivity index (χ1v) is 9.14. The van der Waals surface area contributed by atoms with Crippen LogP contribution in [0.15, 0.2) is 0 Å². The zero-order valence-electron chi connectivity index (χ0n) is 14.4. The number of hydrogen-bond acceptors (Lipinski definition) is 2. The van der Waals surface area contributed by atoms with E-state index >= 15 is 0 Å². The van der Waals surface area contributed by atoms with Gasteiger partial charge in [-0.1, -0.05) is 77.6 Å². The topological polar surface area (TPSA) is 40.5 Å². The molecule has 1 amide bonds. The van der Waals surface area contributed by atoms with Crippen LogP contribution < -0.4 is 0 Å². The zero-order valence-corrected chi connectivity index (χ0v) is 14.4. The lowest BCUT2D eigenvalue weighted by atomic mass is 10.1. The van der Waals surface area contributed by atoms with Crippen LogP contribution in [0.3, 0.4) is 0 Å². The predicted octanol–water partition coefficient (Wildman–Crippen LogP) is 4.53. The molecule has 0 aliphatic heterocycles. The molecule has 0 fully saturated rings. The maximum atomic E-state index is 11.4. The summed E-state index contributed by atoms with van der Waals surface area (Å²) >= 11 is 0. The molecular weight excluding hydrogens is 262 g/mol. The fourth-order valence-corrected chi connectivity index (χ4v) is 2.70. The van der Waals surface area contributed by atoms with Gasteiger partial charge in [-0.15, -0.1) is 0 Å². The van der Waals surface area contributed by atoms with Crippen molar-refractivity contribution in [3.05, 3.63) is 0 Å². The van der Waals surface area contributed by atoms with E-state index in [9.17, 15) is 4.79 Å². The molecule has 0 rings (SSSR count). The van der Waals surface area contributed by atoms with Crippen molar-refractivity contribution in [3.63, 3.8) is 0 Å². The van der Waals surface area contributed by atoms with Crippen LogP contribution in [0.2, 0.25) is 0 Å². The van der Waals surface area contributed by atoms with Gasteiger partial charge in [0.2, 0.25) is 5.91 Å². The molecular formula is C18H37NO2. The maximum absolute atomic E-state index is 11.4. The number of unbranched alkanes of at least 4 members (excludes halogenated alkanes) is 11. The summed E-state index contributed by atoms with van der Waals surface area (Å²) in [5.41, 5.74) is 0. The first kappa shape index (κ1) is 20.4. The van der Waals surface area contributed by atoms with Crippen molar-refractivity contribution in [1.29, 1.82) is 0 Å². The molecule has 1 N–H and O–H groups in total. The molecule has 0 heterocycles. The van der Waals surface area contributed by atoms with Gasteiger partial charge in [-0.05, 0) is 13.3 Å². The van der Waals surface area contributed by atoms with Crippen molar-refractivity contribution in [2.45, 2.75) is 90.9 Å². The Morgan fingerprint density at radius 1 is 0.762 bits per heavy atom. The van der Waals surface area contributed by atoms with Gasteiger partial charge in [-0.3, -0.25) is 4.79 Å². The van der Waals surface area contributed by atoms with Crippen LogP contribution >= 0.6 is 0 Å². The van der Waals surface area contributed by atoms with Crippen LogP contribution in [-0.4, -0.2) is 35.6 Å². The second-order valence-corrected chi connectivity index (χ2v) is 6.02. The number of hydrogen-bond donors (Lipinski definition) is 1. The Bertz CT molecular complexity index is 231. The first-order chi connectivity index (χ1) is 10.3. The van der Waals surface area contributed by atoms with Crippen LogP contribution in [0.1, 0.15) is 90.9 Å². The van der Waals surface area contributed by atoms with Gasteiger partial charge in [0.25, 0.3) is 0 Å². The number of aliphatic hydroxyl groups is 1. The highest BCUT2D eigenvalue weighted by Gasteiger charge is 2.08. The molecule has 0 aromatic carbocycles. The van der Waals surface area contributed by atoms with E-state index in [1.165, 1.54) is 70.6 Å². The molecule has 3 nitrogen and oxygen atoms in total. The van der Waals surface area contributed by atoms with Gasteiger partial charge >= 0.3 is 0 Å². The van der Waals surface area contributed by atoms with Crippen LogP contribution in [0.5, 0.6) is 0 Å². The number of rotatable bonds is 15. The van der Waals surface area contributed by atoms with Crippen LogP contribution in [0, 0.1) is 0 Å². The molecule has 0 unspecified atom stereocenters. The van der Waals surface area contributed by atoms with E-state index in [4.69, 9.17) is 5.11 Å². The SMILES string of the molecule is CCCCCCCCCCCCCCN(CC)C(=O)CO. The van der Waals surface area contributed by atoms with Crippen molar-refractivity contribution in [3.8, 4) is 0 Å². The average Bonchev–Trinajstić information content (AvgIpc) is 2.51. The summed E-state index contributed by atoms with van der Waals surface area (Å²) in [6, 6.07) is 0. The van der Waals surface area contributed by atoms with Crippen molar-refractivity contribution in [1.82, 2.24) is 4.90 Å². The highest BCUT2D eigenvalue weighted by Crippen LogP contribution is 2.12. The number of amides is 1. The molecule has 126 valence electrons. The van der Waals surface area contributed by atoms with Crippen molar-refractivity contribution in [2.24, 2.45) is 0 Å². The lowest BCUT2D eigenvalue weighted by molar-refractivity contribution is -0.134. The number of carbonyl (C=O) groups is 1. The molecule has 0 radical (unpaired) electrons. The molecule has 0 aliphatic rings. The second-order valence-electron chi connectivity index (χ2n) is 6.02. The van der Waals surface area contributed by atoms with E-state index < -0.39 is 0 Å². The third-order valence-corrected chi connectivity index (χ3v) is 4.15. The highest BCUT2D eigenvalue weighted by molar-refractivity contribution is 5.77. The maximum Gasteiger partial charge on any atom is 0.248 e. The molecule has 0 spiro atoms. The summed E-state index contributed by atoms with van der Waals surface area (Å²) < 4.78 is 0. The second kappa shape index (κ2) is 15.8. The van der Waals surface area contributed by atoms with E-state index in [0.717, 1.165) is 13.0 Å². The van der Waals surface area contributed by atoms with E-state index in [1.54, 1.807) is 4.90 Å². The molecule has 0 bridgehead atoms. The molecule has 0 atom stereocenters. The van der Waals surface area contributed by atoms with Gasteiger partial charge in [0, 0.05) is 13.1 Å². The summed E-state index contributed by atoms with van der Waals surface area (Å²) in [7, 11) is 0. The Labute approximate surface area is 132 Å². The molecule has 21 heavy (non-hydrogen) atoms. The number of aliphatic hydroxyl groups excluding tert-OH is 1. The van der Waals surface area contributed by atoms with Gasteiger partial charge in [0.05, 0.1) is 0 Å². The van der Waals surface area contributed by atoms with Gasteiger partial charge in [0.1, 0.15) is 6.61 Å². The minimum Gasteiger partial charge on any atom is -0.387 e. The quantitative estimate of drug-likeness (QED) is 0.451. The largest absolute Gasteiger partial charge is 0.387 e. The molecule has 3 heteroatoms. The van der Waals surface area contributed by atoms with Crippen molar-refractivity contribution >= 4 is 5.91 Å². The van der Waals surface area contributed by atoms with Gasteiger partial charge in [-0.25, -0.2) is 0 Å². The third kappa shape index (κ3) is 12.9. The monoisotopic (exact) mass is 299 g/mol. The van der Waals surface area contributed by atoms with Gasteiger partial charge < -0.3 is 10.0 Å². The molecule has 0 aromatic rings.